The van der Waals surface area contributed by atoms with Crippen molar-refractivity contribution >= 4 is 0 Å². The predicted molar refractivity (Wildman–Crippen MR) is 63.2 cm³/mol. The van der Waals surface area contributed by atoms with Crippen LogP contribution < -0.4 is 11.1 Å². The van der Waals surface area contributed by atoms with E-state index in [2.05, 4.69) is 30.8 Å². The molecule has 14 heavy (non-hydrogen) atoms. The Balaban J connectivity index is 3.30. The molecule has 0 unspecified atom stereocenters. The molecule has 0 aliphatic rings. The number of likely N-dealkylation sites (N-methyl/N-ethyl adjacent to an activating group) is 1. The van der Waals surface area contributed by atoms with Crippen molar-refractivity contribution in [2.75, 3.05) is 33.2 Å². The van der Waals surface area contributed by atoms with E-state index in [9.17, 15) is 0 Å². The zero-order valence-corrected chi connectivity index (χ0v) is 9.68. The number of hydrogen-bond donors (Lipinski definition) is 2. The van der Waals surface area contributed by atoms with Gasteiger partial charge in [0.1, 0.15) is 0 Å². The first kappa shape index (κ1) is 13.5. The van der Waals surface area contributed by atoms with Crippen LogP contribution >= 0.6 is 0 Å². The maximum absolute atomic E-state index is 5.45. The Hall–Kier alpha value is -0.540. The summed E-state index contributed by atoms with van der Waals surface area (Å²) in [5.41, 5.74) is 6.61. The summed E-state index contributed by atoms with van der Waals surface area (Å²) in [5.74, 6) is 0. The van der Waals surface area contributed by atoms with Crippen LogP contribution in [0, 0.1) is 0 Å². The van der Waals surface area contributed by atoms with Gasteiger partial charge in [0.15, 0.2) is 0 Å². The largest absolute Gasteiger partial charge is 0.388 e. The minimum Gasteiger partial charge on any atom is -0.388 e. The summed E-state index contributed by atoms with van der Waals surface area (Å²) in [4.78, 5) is 2.22. The van der Waals surface area contributed by atoms with Gasteiger partial charge >= 0.3 is 0 Å². The van der Waals surface area contributed by atoms with Crippen LogP contribution in [-0.4, -0.2) is 38.1 Å². The maximum atomic E-state index is 5.45. The summed E-state index contributed by atoms with van der Waals surface area (Å²) < 4.78 is 0. The van der Waals surface area contributed by atoms with Gasteiger partial charge in [0.2, 0.25) is 0 Å². The van der Waals surface area contributed by atoms with Crippen LogP contribution in [0.25, 0.3) is 0 Å². The Morgan fingerprint density at radius 2 is 2.14 bits per heavy atom. The summed E-state index contributed by atoms with van der Waals surface area (Å²) in [5, 5.41) is 3.33. The lowest BCUT2D eigenvalue weighted by Crippen LogP contribution is -2.32. The van der Waals surface area contributed by atoms with Crippen molar-refractivity contribution in [3.63, 3.8) is 0 Å². The molecule has 0 bridgehead atoms. The summed E-state index contributed by atoms with van der Waals surface area (Å²) in [6, 6.07) is 0. The normalized spacial score (nSPS) is 10.6. The molecule has 3 N–H and O–H groups in total. The van der Waals surface area contributed by atoms with Gasteiger partial charge in [-0.05, 0) is 19.9 Å². The lowest BCUT2D eigenvalue weighted by atomic mass is 10.2. The molecule has 0 aromatic carbocycles. The van der Waals surface area contributed by atoms with Crippen molar-refractivity contribution < 1.29 is 0 Å². The second-order valence-corrected chi connectivity index (χ2v) is 3.73. The molecule has 0 fully saturated rings. The summed E-state index contributed by atoms with van der Waals surface area (Å²) in [6.07, 6.45) is 3.55. The summed E-state index contributed by atoms with van der Waals surface area (Å²) >= 11 is 0. The molecule has 0 heterocycles. The van der Waals surface area contributed by atoms with Gasteiger partial charge in [-0.3, -0.25) is 0 Å². The van der Waals surface area contributed by atoms with Crippen LogP contribution in [0.5, 0.6) is 0 Å². The van der Waals surface area contributed by atoms with Crippen molar-refractivity contribution in [3.05, 3.63) is 12.3 Å². The highest BCUT2D eigenvalue weighted by atomic mass is 15.1. The zero-order chi connectivity index (χ0) is 10.8. The first-order valence-corrected chi connectivity index (χ1v) is 5.51. The van der Waals surface area contributed by atoms with E-state index in [0.717, 1.165) is 38.3 Å². The molecule has 0 spiro atoms. The molecular weight excluding hydrogens is 174 g/mol. The highest BCUT2D eigenvalue weighted by molar-refractivity contribution is 4.90. The SMILES string of the molecule is C=C(CCCC)NCCN(C)CCN. The Bertz CT molecular complexity index is 145. The second-order valence-electron chi connectivity index (χ2n) is 3.73. The molecule has 0 radical (unpaired) electrons. The van der Waals surface area contributed by atoms with Crippen molar-refractivity contribution in [2.24, 2.45) is 5.73 Å². The molecular formula is C11H25N3. The van der Waals surface area contributed by atoms with Crippen LogP contribution in [0.15, 0.2) is 12.3 Å². The number of nitrogens with zero attached hydrogens (tertiary/aromatic N) is 1. The monoisotopic (exact) mass is 199 g/mol. The van der Waals surface area contributed by atoms with Crippen molar-refractivity contribution in [1.29, 1.82) is 0 Å². The molecule has 0 saturated carbocycles. The molecule has 0 aromatic heterocycles. The molecule has 84 valence electrons. The fourth-order valence-electron chi connectivity index (χ4n) is 1.23. The molecule has 0 atom stereocenters. The van der Waals surface area contributed by atoms with Gasteiger partial charge in [-0.2, -0.15) is 0 Å². The molecule has 0 saturated heterocycles. The lowest BCUT2D eigenvalue weighted by molar-refractivity contribution is 0.344. The Labute approximate surface area is 88.3 Å². The zero-order valence-electron chi connectivity index (χ0n) is 9.68. The number of hydrogen-bond acceptors (Lipinski definition) is 3. The van der Waals surface area contributed by atoms with Gasteiger partial charge in [0, 0.05) is 31.9 Å². The lowest BCUT2D eigenvalue weighted by Gasteiger charge is -2.16. The molecule has 3 nitrogen and oxygen atoms in total. The van der Waals surface area contributed by atoms with Gasteiger partial charge < -0.3 is 16.0 Å². The van der Waals surface area contributed by atoms with Crippen LogP contribution in [0.4, 0.5) is 0 Å². The van der Waals surface area contributed by atoms with E-state index in [4.69, 9.17) is 5.73 Å². The Kier molecular flexibility index (Phi) is 8.68. The van der Waals surface area contributed by atoms with E-state index in [1.165, 1.54) is 12.8 Å². The van der Waals surface area contributed by atoms with Gasteiger partial charge in [-0.1, -0.05) is 19.9 Å². The minimum absolute atomic E-state index is 0.729. The second kappa shape index (κ2) is 9.03. The van der Waals surface area contributed by atoms with Gasteiger partial charge in [-0.25, -0.2) is 0 Å². The average Bonchev–Trinajstić information content (AvgIpc) is 2.15. The highest BCUT2D eigenvalue weighted by Gasteiger charge is 1.96. The quantitative estimate of drug-likeness (QED) is 0.586. The maximum Gasteiger partial charge on any atom is 0.0271 e. The van der Waals surface area contributed by atoms with Crippen LogP contribution in [0.1, 0.15) is 26.2 Å². The van der Waals surface area contributed by atoms with E-state index in [1.807, 2.05) is 0 Å². The molecule has 0 aliphatic heterocycles. The van der Waals surface area contributed by atoms with E-state index in [1.54, 1.807) is 0 Å². The molecule has 0 rings (SSSR count). The van der Waals surface area contributed by atoms with Gasteiger partial charge in [0.05, 0.1) is 0 Å². The molecule has 0 aliphatic carbocycles. The summed E-state index contributed by atoms with van der Waals surface area (Å²) in [7, 11) is 2.09. The van der Waals surface area contributed by atoms with Crippen LogP contribution in [0.3, 0.4) is 0 Å². The molecule has 0 aromatic rings. The number of rotatable bonds is 9. The van der Waals surface area contributed by atoms with E-state index < -0.39 is 0 Å². The summed E-state index contributed by atoms with van der Waals surface area (Å²) in [6.45, 7) is 9.87. The first-order chi connectivity index (χ1) is 6.70. The highest BCUT2D eigenvalue weighted by Crippen LogP contribution is 2.00. The molecule has 0 amide bonds. The van der Waals surface area contributed by atoms with E-state index >= 15 is 0 Å². The fourth-order valence-corrected chi connectivity index (χ4v) is 1.23. The van der Waals surface area contributed by atoms with Gasteiger partial charge in [0.25, 0.3) is 0 Å². The Morgan fingerprint density at radius 1 is 1.43 bits per heavy atom. The van der Waals surface area contributed by atoms with Crippen LogP contribution in [0.2, 0.25) is 0 Å². The van der Waals surface area contributed by atoms with Crippen LogP contribution in [-0.2, 0) is 0 Å². The number of allylic oxidation sites excluding steroid dienone is 1. The number of unbranched alkanes of at least 4 members (excludes halogenated alkanes) is 1. The third-order valence-corrected chi connectivity index (χ3v) is 2.21. The third kappa shape index (κ3) is 8.08. The number of nitrogens with one attached hydrogen (secondary N) is 1. The predicted octanol–water partition coefficient (Wildman–Crippen LogP) is 1.17. The minimum atomic E-state index is 0.729. The van der Waals surface area contributed by atoms with Crippen molar-refractivity contribution in [2.45, 2.75) is 26.2 Å². The fraction of sp³-hybridized carbons (Fsp3) is 0.818. The van der Waals surface area contributed by atoms with E-state index in [-0.39, 0.29) is 0 Å². The van der Waals surface area contributed by atoms with Gasteiger partial charge in [-0.15, -0.1) is 0 Å². The van der Waals surface area contributed by atoms with E-state index in [0.29, 0.717) is 0 Å². The molecule has 3 heteroatoms. The Morgan fingerprint density at radius 3 is 2.71 bits per heavy atom. The number of nitrogens with two attached hydrogens (primary N) is 1. The average molecular weight is 199 g/mol. The van der Waals surface area contributed by atoms with Crippen molar-refractivity contribution in [1.82, 2.24) is 10.2 Å². The third-order valence-electron chi connectivity index (χ3n) is 2.21. The smallest absolute Gasteiger partial charge is 0.0271 e. The first-order valence-electron chi connectivity index (χ1n) is 5.51. The standard InChI is InChI=1S/C11H25N3/c1-4-5-6-11(2)13-8-10-14(3)9-7-12/h13H,2,4-10,12H2,1,3H3. The van der Waals surface area contributed by atoms with Crippen molar-refractivity contribution in [3.8, 4) is 0 Å². The topological polar surface area (TPSA) is 41.3 Å².